The topological polar surface area (TPSA) is 84.2 Å². The molecule has 0 radical (unpaired) electrons. The molecule has 0 aliphatic heterocycles. The number of aromatic nitrogens is 2. The van der Waals surface area contributed by atoms with Crippen molar-refractivity contribution in [3.05, 3.63) is 24.8 Å². The summed E-state index contributed by atoms with van der Waals surface area (Å²) in [4.78, 5) is 6.58. The van der Waals surface area contributed by atoms with Crippen LogP contribution in [0.15, 0.2) is 24.8 Å². The van der Waals surface area contributed by atoms with Gasteiger partial charge in [-0.1, -0.05) is 0 Å². The zero-order valence-corrected chi connectivity index (χ0v) is 11.1. The number of alkyl halides is 9. The minimum absolute atomic E-state index is 1.69. The van der Waals surface area contributed by atoms with Gasteiger partial charge < -0.3 is 4.55 Å². The lowest BCUT2D eigenvalue weighted by Crippen LogP contribution is -2.63. The molecule has 0 fully saturated rings. The van der Waals surface area contributed by atoms with Crippen molar-refractivity contribution in [2.45, 2.75) is 23.3 Å². The molecule has 0 aliphatic rings. The second kappa shape index (κ2) is 6.46. The smallest absolute Gasteiger partial charge is 0.460 e. The minimum atomic E-state index is -7.43. The highest BCUT2D eigenvalue weighted by atomic mass is 32.2. The van der Waals surface area contributed by atoms with E-state index in [1.807, 2.05) is 0 Å². The second-order valence-electron chi connectivity index (χ2n) is 3.56. The average molecular weight is 380 g/mol. The Morgan fingerprint density at radius 2 is 1.22 bits per heavy atom. The Hall–Kier alpha value is -1.64. The SMILES string of the molecule is O=S(=O)([O-])C(F)(F)C(F)(F)C(F)(F)C(F)(F)F.c1c[nH+]ccn1. The van der Waals surface area contributed by atoms with Gasteiger partial charge in [0.1, 0.15) is 0 Å². The van der Waals surface area contributed by atoms with Crippen LogP contribution in [0.25, 0.3) is 0 Å². The fraction of sp³-hybridized carbons (Fsp3) is 0.500. The molecule has 0 spiro atoms. The molecule has 0 bridgehead atoms. The number of rotatable bonds is 3. The van der Waals surface area contributed by atoms with Crippen molar-refractivity contribution in [1.29, 1.82) is 0 Å². The molecule has 0 aromatic carbocycles. The molecular weight excluding hydrogens is 375 g/mol. The van der Waals surface area contributed by atoms with E-state index in [9.17, 15) is 52.5 Å². The van der Waals surface area contributed by atoms with Crippen molar-refractivity contribution in [3.8, 4) is 0 Å². The van der Waals surface area contributed by atoms with Crippen LogP contribution >= 0.6 is 0 Å². The van der Waals surface area contributed by atoms with Gasteiger partial charge in [-0.2, -0.15) is 39.5 Å². The van der Waals surface area contributed by atoms with E-state index >= 15 is 0 Å². The van der Waals surface area contributed by atoms with E-state index in [4.69, 9.17) is 0 Å². The normalized spacial score (nSPS) is 14.0. The molecule has 0 amide bonds. The molecule has 1 aromatic rings. The summed E-state index contributed by atoms with van der Waals surface area (Å²) in [5, 5.41) is -7.11. The van der Waals surface area contributed by atoms with Crippen LogP contribution in [0.1, 0.15) is 0 Å². The summed E-state index contributed by atoms with van der Waals surface area (Å²) in [6.07, 6.45) is -0.245. The van der Waals surface area contributed by atoms with Crippen molar-refractivity contribution in [3.63, 3.8) is 0 Å². The van der Waals surface area contributed by atoms with Gasteiger partial charge in [-0.3, -0.25) is 4.98 Å². The largest absolute Gasteiger partial charge is 0.743 e. The van der Waals surface area contributed by atoms with E-state index in [0.717, 1.165) is 0 Å². The summed E-state index contributed by atoms with van der Waals surface area (Å²) in [6.45, 7) is 0. The molecule has 0 unspecified atom stereocenters. The molecule has 1 N–H and O–H groups in total. The standard InChI is InChI=1S/C4HF9O3S.C4H4N2/c5-1(6,3(9,10)11)2(7,8)4(12,13)17(14,15)16;1-2-6-4-3-5-1/h(H,14,15,16);1-4H. The van der Waals surface area contributed by atoms with Gasteiger partial charge in [-0.25, -0.2) is 13.4 Å². The van der Waals surface area contributed by atoms with Gasteiger partial charge in [0.25, 0.3) is 0 Å². The van der Waals surface area contributed by atoms with Crippen molar-refractivity contribution in [2.24, 2.45) is 0 Å². The molecule has 23 heavy (non-hydrogen) atoms. The number of aromatic amines is 1. The highest BCUT2D eigenvalue weighted by molar-refractivity contribution is 7.86. The monoisotopic (exact) mass is 380 g/mol. The van der Waals surface area contributed by atoms with E-state index in [0.29, 0.717) is 0 Å². The summed E-state index contributed by atoms with van der Waals surface area (Å²) in [7, 11) is -7.42. The molecule has 0 saturated carbocycles. The third-order valence-corrected chi connectivity index (χ3v) is 2.83. The van der Waals surface area contributed by atoms with Gasteiger partial charge in [-0.15, -0.1) is 0 Å². The quantitative estimate of drug-likeness (QED) is 0.592. The van der Waals surface area contributed by atoms with E-state index in [1.54, 1.807) is 24.8 Å². The lowest BCUT2D eigenvalue weighted by atomic mass is 10.1. The first kappa shape index (κ1) is 21.4. The molecule has 134 valence electrons. The van der Waals surface area contributed by atoms with Crippen molar-refractivity contribution < 1.29 is 57.5 Å². The molecule has 15 heteroatoms. The lowest BCUT2D eigenvalue weighted by molar-refractivity contribution is -0.382. The van der Waals surface area contributed by atoms with Gasteiger partial charge in [-0.05, 0) is 0 Å². The Kier molecular flexibility index (Phi) is 6.00. The lowest BCUT2D eigenvalue weighted by Gasteiger charge is -2.34. The highest BCUT2D eigenvalue weighted by Gasteiger charge is 2.83. The van der Waals surface area contributed by atoms with Gasteiger partial charge in [0.2, 0.25) is 0 Å². The van der Waals surface area contributed by atoms with Gasteiger partial charge >= 0.3 is 23.3 Å². The molecule has 1 heterocycles. The predicted octanol–water partition coefficient (Wildman–Crippen LogP) is 1.85. The zero-order valence-electron chi connectivity index (χ0n) is 10.3. The number of hydrogen-bond acceptors (Lipinski definition) is 4. The first-order valence-electron chi connectivity index (χ1n) is 4.92. The molecule has 1 rings (SSSR count). The Bertz CT molecular complexity index is 576. The van der Waals surface area contributed by atoms with E-state index in [-0.39, 0.29) is 0 Å². The average Bonchev–Trinajstić information content (AvgIpc) is 2.38. The van der Waals surface area contributed by atoms with Gasteiger partial charge in [0, 0.05) is 0 Å². The fourth-order valence-corrected chi connectivity index (χ4v) is 1.24. The molecule has 5 nitrogen and oxygen atoms in total. The second-order valence-corrected chi connectivity index (χ2v) is 4.99. The fourth-order valence-electron chi connectivity index (χ4n) is 0.795. The minimum Gasteiger partial charge on any atom is -0.743 e. The summed E-state index contributed by atoms with van der Waals surface area (Å²) < 4.78 is 135. The maximum Gasteiger partial charge on any atom is 0.460 e. The first-order chi connectivity index (χ1) is 10.0. The van der Waals surface area contributed by atoms with Crippen molar-refractivity contribution in [2.75, 3.05) is 0 Å². The maximum absolute atomic E-state index is 12.2. The molecule has 0 aliphatic carbocycles. The predicted molar refractivity (Wildman–Crippen MR) is 51.4 cm³/mol. The Labute approximate surface area is 121 Å². The molecular formula is C8H5F9N2O3S. The molecule has 0 saturated heterocycles. The van der Waals surface area contributed by atoms with Crippen LogP contribution in [0.3, 0.4) is 0 Å². The van der Waals surface area contributed by atoms with Crippen LogP contribution in [0.5, 0.6) is 0 Å². The number of H-pyrrole nitrogens is 1. The van der Waals surface area contributed by atoms with Crippen LogP contribution in [0.4, 0.5) is 39.5 Å². The van der Waals surface area contributed by atoms with E-state index < -0.39 is 33.4 Å². The summed E-state index contributed by atoms with van der Waals surface area (Å²) in [5.74, 6) is -14.8. The number of hydrogen-bond donors (Lipinski definition) is 0. The number of nitrogens with one attached hydrogen (secondary N) is 1. The van der Waals surface area contributed by atoms with Crippen LogP contribution in [0.2, 0.25) is 0 Å². The van der Waals surface area contributed by atoms with Crippen LogP contribution in [0, 0.1) is 0 Å². The van der Waals surface area contributed by atoms with Crippen LogP contribution in [-0.2, 0) is 10.1 Å². The van der Waals surface area contributed by atoms with Crippen LogP contribution in [-0.4, -0.2) is 41.2 Å². The maximum atomic E-state index is 12.2. The molecule has 0 atom stereocenters. The first-order valence-corrected chi connectivity index (χ1v) is 6.32. The highest BCUT2D eigenvalue weighted by Crippen LogP contribution is 2.54. The van der Waals surface area contributed by atoms with Gasteiger partial charge in [0.15, 0.2) is 22.5 Å². The Morgan fingerprint density at radius 3 is 1.39 bits per heavy atom. The number of halogens is 9. The summed E-state index contributed by atoms with van der Waals surface area (Å²) in [5.41, 5.74) is 0. The summed E-state index contributed by atoms with van der Waals surface area (Å²) >= 11 is 0. The van der Waals surface area contributed by atoms with Gasteiger partial charge in [0.05, 0.1) is 12.4 Å². The zero-order chi connectivity index (χ0) is 18.7. The third kappa shape index (κ3) is 4.21. The van der Waals surface area contributed by atoms with E-state index in [1.165, 1.54) is 0 Å². The Morgan fingerprint density at radius 1 is 0.826 bits per heavy atom. The molecule has 1 aromatic heterocycles. The third-order valence-electron chi connectivity index (χ3n) is 1.94. The van der Waals surface area contributed by atoms with Crippen LogP contribution < -0.4 is 4.98 Å². The van der Waals surface area contributed by atoms with E-state index in [2.05, 4.69) is 9.97 Å². The van der Waals surface area contributed by atoms with Crippen molar-refractivity contribution in [1.82, 2.24) is 4.98 Å². The Balaban J connectivity index is 0.000000664. The number of nitrogens with zero attached hydrogens (tertiary/aromatic N) is 1. The summed E-state index contributed by atoms with van der Waals surface area (Å²) in [6, 6.07) is 0. The van der Waals surface area contributed by atoms with Crippen molar-refractivity contribution >= 4 is 10.1 Å².